The fourth-order valence-corrected chi connectivity index (χ4v) is 8.42. The lowest BCUT2D eigenvalue weighted by Gasteiger charge is -2.36. The maximum absolute atomic E-state index is 14.6. The third-order valence-corrected chi connectivity index (χ3v) is 11.2. The molecule has 13 heteroatoms. The molecule has 42 heavy (non-hydrogen) atoms. The van der Waals surface area contributed by atoms with E-state index < -0.39 is 77.3 Å². The summed E-state index contributed by atoms with van der Waals surface area (Å²) in [6.45, 7) is 9.31. The molecule has 1 heterocycles. The molecule has 10 nitrogen and oxygen atoms in total. The maximum Gasteiger partial charge on any atom is 0.408 e. The molecule has 0 aromatic heterocycles. The molecule has 4 rings (SSSR count). The van der Waals surface area contributed by atoms with Crippen molar-refractivity contribution in [3.63, 3.8) is 0 Å². The Balaban J connectivity index is 1.51. The van der Waals surface area contributed by atoms with E-state index in [1.54, 1.807) is 20.8 Å². The molecule has 5 atom stereocenters. The number of likely N-dealkylation sites (tertiary alicyclic amines) is 1. The van der Waals surface area contributed by atoms with Gasteiger partial charge in [0, 0.05) is 18.0 Å². The first kappa shape index (κ1) is 31.9. The van der Waals surface area contributed by atoms with E-state index in [4.69, 9.17) is 10.5 Å². The Kier molecular flexibility index (Phi) is 9.09. The SMILES string of the molecule is C=C[C@@H]1C[C@]1(NC(=O)[C@@H]1CCCN1C(=O)C(NC(=O)OC1CCCC1)C(C)(C)C)P(=O)(O)Cc1c(F)ccc(N)c1F. The van der Waals surface area contributed by atoms with Crippen molar-refractivity contribution in [3.05, 3.63) is 42.0 Å². The number of alkyl carbamates (subject to hydrolysis) is 1. The standard InChI is InChI=1S/C29H41F2N4O6P/c1-5-17-15-29(17,42(39,40)16-19-20(30)12-13-21(32)23(19)31)34-25(36)22-11-8-14-35(22)26(37)24(28(2,3)4)33-27(38)41-18-9-6-7-10-18/h5,12-13,17-18,22,24H,1,6-11,14-16,32H2,2-4H3,(H,33,38)(H,34,36)(H,39,40)/t17-,22+,24?,29+/m1/s1. The molecule has 2 aliphatic carbocycles. The monoisotopic (exact) mass is 610 g/mol. The van der Waals surface area contributed by atoms with Gasteiger partial charge in [0.1, 0.15) is 29.3 Å². The number of nitrogens with one attached hydrogen (secondary N) is 2. The Bertz CT molecular complexity index is 1300. The molecule has 3 amide bonds. The number of anilines is 1. The second-order valence-corrected chi connectivity index (χ2v) is 15.2. The van der Waals surface area contributed by atoms with Gasteiger partial charge in [-0.15, -0.1) is 6.58 Å². The van der Waals surface area contributed by atoms with Crippen molar-refractivity contribution in [2.45, 2.75) is 95.3 Å². The highest BCUT2D eigenvalue weighted by molar-refractivity contribution is 7.59. The van der Waals surface area contributed by atoms with Crippen LogP contribution in [0, 0.1) is 23.0 Å². The van der Waals surface area contributed by atoms with E-state index in [9.17, 15) is 32.6 Å². The summed E-state index contributed by atoms with van der Waals surface area (Å²) >= 11 is 0. The Morgan fingerprint density at radius 1 is 1.24 bits per heavy atom. The van der Waals surface area contributed by atoms with Crippen LogP contribution in [0.5, 0.6) is 0 Å². The molecular weight excluding hydrogens is 569 g/mol. The smallest absolute Gasteiger partial charge is 0.408 e. The van der Waals surface area contributed by atoms with Crippen LogP contribution >= 0.6 is 7.37 Å². The molecule has 1 saturated heterocycles. The van der Waals surface area contributed by atoms with E-state index in [-0.39, 0.29) is 24.8 Å². The van der Waals surface area contributed by atoms with Crippen molar-refractivity contribution in [3.8, 4) is 0 Å². The van der Waals surface area contributed by atoms with Crippen molar-refractivity contribution < 1.29 is 37.4 Å². The average Bonchev–Trinajstić information content (AvgIpc) is 3.24. The van der Waals surface area contributed by atoms with E-state index >= 15 is 0 Å². The van der Waals surface area contributed by atoms with Crippen LogP contribution in [0.3, 0.4) is 0 Å². The minimum Gasteiger partial charge on any atom is -0.446 e. The van der Waals surface area contributed by atoms with Crippen LogP contribution in [0.15, 0.2) is 24.8 Å². The number of carbonyl (C=O) groups excluding carboxylic acids is 3. The topological polar surface area (TPSA) is 151 Å². The molecular formula is C29H41F2N4O6P. The number of amides is 3. The van der Waals surface area contributed by atoms with E-state index in [1.807, 2.05) is 0 Å². The minimum atomic E-state index is -4.49. The summed E-state index contributed by atoms with van der Waals surface area (Å²) in [5, 5.41) is 3.68. The van der Waals surface area contributed by atoms with Crippen LogP contribution in [0.4, 0.5) is 19.3 Å². The zero-order valence-electron chi connectivity index (χ0n) is 24.3. The van der Waals surface area contributed by atoms with E-state index in [2.05, 4.69) is 17.2 Å². The number of hydrogen-bond acceptors (Lipinski definition) is 6. The lowest BCUT2D eigenvalue weighted by molar-refractivity contribution is -0.142. The van der Waals surface area contributed by atoms with Crippen molar-refractivity contribution in [1.82, 2.24) is 15.5 Å². The molecule has 2 saturated carbocycles. The molecule has 0 radical (unpaired) electrons. The second kappa shape index (κ2) is 12.0. The first-order valence-electron chi connectivity index (χ1n) is 14.4. The van der Waals surface area contributed by atoms with Gasteiger partial charge in [0.25, 0.3) is 0 Å². The number of nitrogens with two attached hydrogens (primary N) is 1. The second-order valence-electron chi connectivity index (χ2n) is 12.7. The fraction of sp³-hybridized carbons (Fsp3) is 0.621. The zero-order valence-corrected chi connectivity index (χ0v) is 25.2. The van der Waals surface area contributed by atoms with Crippen LogP contribution in [-0.2, 0) is 25.1 Å². The predicted octanol–water partition coefficient (Wildman–Crippen LogP) is 4.41. The predicted molar refractivity (Wildman–Crippen MR) is 153 cm³/mol. The van der Waals surface area contributed by atoms with Gasteiger partial charge in [0.05, 0.1) is 11.8 Å². The number of hydrogen-bond donors (Lipinski definition) is 4. The first-order valence-corrected chi connectivity index (χ1v) is 16.2. The van der Waals surface area contributed by atoms with Gasteiger partial charge in [-0.25, -0.2) is 13.6 Å². The fourth-order valence-electron chi connectivity index (χ4n) is 6.03. The number of benzene rings is 1. The third kappa shape index (κ3) is 6.34. The number of nitrogens with zero attached hydrogens (tertiary/aromatic N) is 1. The first-order chi connectivity index (χ1) is 19.6. The highest BCUT2D eigenvalue weighted by Crippen LogP contribution is 2.71. The lowest BCUT2D eigenvalue weighted by Crippen LogP contribution is -2.58. The molecule has 3 aliphatic rings. The molecule has 1 aliphatic heterocycles. The summed E-state index contributed by atoms with van der Waals surface area (Å²) in [5.41, 5.74) is 3.83. The largest absolute Gasteiger partial charge is 0.446 e. The summed E-state index contributed by atoms with van der Waals surface area (Å²) in [4.78, 5) is 52.6. The van der Waals surface area contributed by atoms with Gasteiger partial charge < -0.3 is 30.9 Å². The van der Waals surface area contributed by atoms with Gasteiger partial charge >= 0.3 is 6.09 Å². The summed E-state index contributed by atoms with van der Waals surface area (Å²) in [6, 6.07) is -0.0209. The molecule has 0 spiro atoms. The molecule has 1 aromatic carbocycles. The Morgan fingerprint density at radius 2 is 1.90 bits per heavy atom. The summed E-state index contributed by atoms with van der Waals surface area (Å²) < 4.78 is 48.3. The van der Waals surface area contributed by atoms with Crippen LogP contribution in [0.1, 0.15) is 71.3 Å². The summed E-state index contributed by atoms with van der Waals surface area (Å²) in [6.07, 6.45) is 3.99. The van der Waals surface area contributed by atoms with Crippen LogP contribution in [0.2, 0.25) is 0 Å². The molecule has 3 fully saturated rings. The quantitative estimate of drug-likeness (QED) is 0.184. The van der Waals surface area contributed by atoms with Crippen LogP contribution in [-0.4, -0.2) is 57.7 Å². The molecule has 232 valence electrons. The van der Waals surface area contributed by atoms with E-state index in [1.165, 1.54) is 11.0 Å². The van der Waals surface area contributed by atoms with Crippen LogP contribution < -0.4 is 16.4 Å². The normalized spacial score (nSPS) is 26.3. The van der Waals surface area contributed by atoms with Gasteiger partial charge in [-0.05, 0) is 62.5 Å². The van der Waals surface area contributed by atoms with Crippen molar-refractivity contribution in [1.29, 1.82) is 0 Å². The number of carbonyl (C=O) groups is 3. The lowest BCUT2D eigenvalue weighted by atomic mass is 9.85. The highest BCUT2D eigenvalue weighted by Gasteiger charge is 2.66. The Morgan fingerprint density at radius 3 is 2.50 bits per heavy atom. The van der Waals surface area contributed by atoms with Crippen LogP contribution in [0.25, 0.3) is 0 Å². The molecule has 2 unspecified atom stereocenters. The van der Waals surface area contributed by atoms with Crippen molar-refractivity contribution in [2.75, 3.05) is 12.3 Å². The van der Waals surface area contributed by atoms with E-state index in [0.717, 1.165) is 37.8 Å². The maximum atomic E-state index is 14.6. The number of nitrogen functional groups attached to an aromatic ring is 1. The van der Waals surface area contributed by atoms with Gasteiger partial charge in [-0.3, -0.25) is 14.2 Å². The van der Waals surface area contributed by atoms with Crippen molar-refractivity contribution >= 4 is 31.0 Å². The molecule has 1 aromatic rings. The Labute approximate surface area is 244 Å². The van der Waals surface area contributed by atoms with Gasteiger partial charge in [-0.2, -0.15) is 0 Å². The van der Waals surface area contributed by atoms with Crippen molar-refractivity contribution in [2.24, 2.45) is 11.3 Å². The van der Waals surface area contributed by atoms with Gasteiger partial charge in [0.15, 0.2) is 5.82 Å². The molecule has 5 N–H and O–H groups in total. The molecule has 0 bridgehead atoms. The number of ether oxygens (including phenoxy) is 1. The van der Waals surface area contributed by atoms with E-state index in [0.29, 0.717) is 12.8 Å². The number of rotatable bonds is 9. The zero-order chi connectivity index (χ0) is 31.0. The highest BCUT2D eigenvalue weighted by atomic mass is 31.2. The Hall–Kier alpha value is -2.98. The third-order valence-electron chi connectivity index (χ3n) is 8.61. The van der Waals surface area contributed by atoms with Gasteiger partial charge in [-0.1, -0.05) is 26.8 Å². The number of halogens is 2. The average molecular weight is 611 g/mol. The van der Waals surface area contributed by atoms with Gasteiger partial charge in [0.2, 0.25) is 19.2 Å². The summed E-state index contributed by atoms with van der Waals surface area (Å²) in [5.74, 6) is -3.89. The summed E-state index contributed by atoms with van der Waals surface area (Å²) in [7, 11) is -4.49. The minimum absolute atomic E-state index is 0.0431.